The van der Waals surface area contributed by atoms with E-state index in [-0.39, 0.29) is 34.0 Å². The van der Waals surface area contributed by atoms with Crippen molar-refractivity contribution in [1.82, 2.24) is 15.3 Å². The molecule has 14 heteroatoms. The first-order valence-electron chi connectivity index (χ1n) is 11.0. The van der Waals surface area contributed by atoms with E-state index in [4.69, 9.17) is 5.73 Å². The lowest BCUT2D eigenvalue weighted by Gasteiger charge is -2.08. The minimum absolute atomic E-state index is 0.106. The van der Waals surface area contributed by atoms with Crippen molar-refractivity contribution >= 4 is 51.2 Å². The predicted molar refractivity (Wildman–Crippen MR) is 138 cm³/mol. The normalized spacial score (nSPS) is 10.6. The highest BCUT2D eigenvalue weighted by Crippen LogP contribution is 2.31. The molecule has 0 saturated heterocycles. The van der Waals surface area contributed by atoms with Gasteiger partial charge in [-0.25, -0.2) is 18.7 Å². The lowest BCUT2D eigenvalue weighted by Crippen LogP contribution is -2.28. The number of anilines is 4. The molecular formula is C24H19F2N7O4S. The summed E-state index contributed by atoms with van der Waals surface area (Å²) in [4.78, 5) is 43.0. The summed E-state index contributed by atoms with van der Waals surface area (Å²) >= 11 is 0.844. The van der Waals surface area contributed by atoms with Crippen molar-refractivity contribution in [1.29, 1.82) is 0 Å². The maximum absolute atomic E-state index is 14.0. The van der Waals surface area contributed by atoms with Gasteiger partial charge in [0, 0.05) is 30.4 Å². The van der Waals surface area contributed by atoms with Gasteiger partial charge >= 0.3 is 0 Å². The average molecular weight is 540 g/mol. The number of hydrogen-bond donors (Lipinski definition) is 4. The number of nitrogens with two attached hydrogens (primary N) is 1. The molecule has 1 amide bonds. The van der Waals surface area contributed by atoms with E-state index < -0.39 is 27.9 Å². The molecule has 0 aliphatic heterocycles. The molecule has 0 aliphatic carbocycles. The lowest BCUT2D eigenvalue weighted by molar-refractivity contribution is -0.385. The number of nitrogens with zero attached hydrogens (tertiary/aromatic N) is 3. The van der Waals surface area contributed by atoms with Crippen LogP contribution in [-0.4, -0.2) is 39.7 Å². The first-order valence-corrected chi connectivity index (χ1v) is 11.8. The Morgan fingerprint density at radius 2 is 1.74 bits per heavy atom. The Balaban J connectivity index is 1.31. The topological polar surface area (TPSA) is 165 Å². The van der Waals surface area contributed by atoms with Crippen LogP contribution in [0.1, 0.15) is 25.6 Å². The molecule has 0 spiro atoms. The number of carbonyl (C=O) groups excluding carboxylic acids is 2. The number of aromatic nitrogens is 2. The van der Waals surface area contributed by atoms with Gasteiger partial charge in [0.05, 0.1) is 10.5 Å². The van der Waals surface area contributed by atoms with Crippen molar-refractivity contribution in [3.8, 4) is 0 Å². The molecule has 0 saturated carbocycles. The van der Waals surface area contributed by atoms with Crippen molar-refractivity contribution in [3.05, 3.63) is 98.5 Å². The maximum Gasteiger partial charge on any atom is 0.287 e. The molecule has 0 bridgehead atoms. The van der Waals surface area contributed by atoms with Gasteiger partial charge < -0.3 is 21.7 Å². The average Bonchev–Trinajstić information content (AvgIpc) is 3.26. The second kappa shape index (κ2) is 11.4. The van der Waals surface area contributed by atoms with Crippen molar-refractivity contribution in [2.24, 2.45) is 0 Å². The van der Waals surface area contributed by atoms with Gasteiger partial charge in [-0.2, -0.15) is 0 Å². The maximum atomic E-state index is 14.0. The number of nitro groups is 1. The number of hydrogen-bond acceptors (Lipinski definition) is 10. The van der Waals surface area contributed by atoms with E-state index >= 15 is 0 Å². The Kier molecular flexibility index (Phi) is 7.82. The molecule has 2 aromatic heterocycles. The predicted octanol–water partition coefficient (Wildman–Crippen LogP) is 4.12. The molecule has 4 rings (SSSR count). The number of ketones is 1. The van der Waals surface area contributed by atoms with E-state index in [9.17, 15) is 28.5 Å². The fourth-order valence-corrected chi connectivity index (χ4v) is 4.12. The number of halogens is 2. The summed E-state index contributed by atoms with van der Waals surface area (Å²) in [6.45, 7) is 0.620. The third kappa shape index (κ3) is 6.04. The summed E-state index contributed by atoms with van der Waals surface area (Å²) in [5.74, 6) is -2.96. The zero-order chi connectivity index (χ0) is 27.2. The molecule has 4 aromatic rings. The third-order valence-corrected chi connectivity index (χ3v) is 6.11. The van der Waals surface area contributed by atoms with Crippen LogP contribution < -0.4 is 21.7 Å². The molecule has 0 radical (unpaired) electrons. The smallest absolute Gasteiger partial charge is 0.287 e. The summed E-state index contributed by atoms with van der Waals surface area (Å²) in [6.07, 6.45) is 1.14. The highest BCUT2D eigenvalue weighted by atomic mass is 32.1. The van der Waals surface area contributed by atoms with E-state index in [0.717, 1.165) is 35.7 Å². The first kappa shape index (κ1) is 26.1. The van der Waals surface area contributed by atoms with Crippen molar-refractivity contribution < 1.29 is 23.3 Å². The SMILES string of the molecule is Nc1nc(Nc2ccc(C(=O)NCCNc3ccc([N+](=O)[O-])cn3)cc2)sc1C(=O)c1c(F)cccc1F. The van der Waals surface area contributed by atoms with Crippen molar-refractivity contribution in [3.63, 3.8) is 0 Å². The van der Waals surface area contributed by atoms with E-state index in [1.807, 2.05) is 0 Å². The first-order chi connectivity index (χ1) is 18.2. The van der Waals surface area contributed by atoms with Gasteiger partial charge in [-0.1, -0.05) is 17.4 Å². The van der Waals surface area contributed by atoms with E-state index in [2.05, 4.69) is 25.9 Å². The van der Waals surface area contributed by atoms with Gasteiger partial charge in [-0.3, -0.25) is 19.7 Å². The molecule has 2 heterocycles. The largest absolute Gasteiger partial charge is 0.382 e. The molecular weight excluding hydrogens is 520 g/mol. The minimum Gasteiger partial charge on any atom is -0.382 e. The summed E-state index contributed by atoms with van der Waals surface area (Å²) in [6, 6.07) is 12.3. The van der Waals surface area contributed by atoms with Gasteiger partial charge in [0.1, 0.15) is 34.3 Å². The fraction of sp³-hybridized carbons (Fsp3) is 0.0833. The highest BCUT2D eigenvalue weighted by molar-refractivity contribution is 7.18. The molecule has 0 atom stereocenters. The number of pyridine rings is 1. The molecule has 38 heavy (non-hydrogen) atoms. The van der Waals surface area contributed by atoms with Crippen LogP contribution >= 0.6 is 11.3 Å². The Morgan fingerprint density at radius 1 is 1.03 bits per heavy atom. The third-order valence-electron chi connectivity index (χ3n) is 5.12. The van der Waals surface area contributed by atoms with Crippen molar-refractivity contribution in [2.75, 3.05) is 29.5 Å². The number of nitrogen functional groups attached to an aromatic ring is 1. The van der Waals surface area contributed by atoms with Gasteiger partial charge in [0.15, 0.2) is 5.13 Å². The summed E-state index contributed by atoms with van der Waals surface area (Å²) < 4.78 is 28.0. The summed E-state index contributed by atoms with van der Waals surface area (Å²) in [7, 11) is 0. The van der Waals surface area contributed by atoms with Crippen LogP contribution in [0.4, 0.5) is 36.9 Å². The van der Waals surface area contributed by atoms with E-state index in [1.54, 1.807) is 24.3 Å². The number of rotatable bonds is 10. The van der Waals surface area contributed by atoms with Crippen LogP contribution in [-0.2, 0) is 0 Å². The fourth-order valence-electron chi connectivity index (χ4n) is 3.27. The highest BCUT2D eigenvalue weighted by Gasteiger charge is 2.24. The van der Waals surface area contributed by atoms with Crippen LogP contribution in [0.5, 0.6) is 0 Å². The molecule has 194 valence electrons. The van der Waals surface area contributed by atoms with E-state index in [1.165, 1.54) is 12.1 Å². The zero-order valence-electron chi connectivity index (χ0n) is 19.4. The Bertz CT molecular complexity index is 1470. The Labute approximate surface area is 217 Å². The number of carbonyl (C=O) groups is 2. The second-order valence-corrected chi connectivity index (χ2v) is 8.70. The molecule has 11 nitrogen and oxygen atoms in total. The van der Waals surface area contributed by atoms with Gasteiger partial charge in [-0.05, 0) is 42.5 Å². The summed E-state index contributed by atoms with van der Waals surface area (Å²) in [5.41, 5.74) is 5.91. The number of amides is 1. The molecule has 0 aliphatic rings. The molecule has 0 unspecified atom stereocenters. The van der Waals surface area contributed by atoms with Crippen LogP contribution in [0.25, 0.3) is 0 Å². The Hall–Kier alpha value is -4.98. The summed E-state index contributed by atoms with van der Waals surface area (Å²) in [5, 5.41) is 19.5. The van der Waals surface area contributed by atoms with Crippen LogP contribution in [0.3, 0.4) is 0 Å². The van der Waals surface area contributed by atoms with Crippen LogP contribution in [0.2, 0.25) is 0 Å². The molecule has 5 N–H and O–H groups in total. The standard InChI is InChI=1S/C24H19F2N7O4S/c25-16-2-1-3-17(26)19(16)20(34)21-22(27)32-24(38-21)31-14-6-4-13(5-7-14)23(35)29-11-10-28-18-9-8-15(12-30-18)33(36)37/h1-9,12H,10-11,27H2,(H,28,30)(H,29,35)(H,31,32). The molecule has 0 fully saturated rings. The lowest BCUT2D eigenvalue weighted by atomic mass is 10.1. The van der Waals surface area contributed by atoms with Crippen LogP contribution in [0.15, 0.2) is 60.8 Å². The number of nitrogens with one attached hydrogen (secondary N) is 3. The van der Waals surface area contributed by atoms with Crippen molar-refractivity contribution in [2.45, 2.75) is 0 Å². The van der Waals surface area contributed by atoms with Gasteiger partial charge in [0.25, 0.3) is 11.6 Å². The number of thiazole rings is 1. The quantitative estimate of drug-likeness (QED) is 0.100. The zero-order valence-corrected chi connectivity index (χ0v) is 20.2. The van der Waals surface area contributed by atoms with Gasteiger partial charge in [0.2, 0.25) is 5.78 Å². The number of benzene rings is 2. The Morgan fingerprint density at radius 3 is 2.37 bits per heavy atom. The minimum atomic E-state index is -0.995. The van der Waals surface area contributed by atoms with E-state index in [0.29, 0.717) is 23.6 Å². The van der Waals surface area contributed by atoms with Gasteiger partial charge in [-0.15, -0.1) is 0 Å². The second-order valence-electron chi connectivity index (χ2n) is 7.70. The monoisotopic (exact) mass is 539 g/mol. The van der Waals surface area contributed by atoms with Crippen LogP contribution in [0, 0.1) is 21.7 Å². The molecule has 2 aromatic carbocycles.